The van der Waals surface area contributed by atoms with Crippen molar-refractivity contribution in [3.63, 3.8) is 0 Å². The van der Waals surface area contributed by atoms with Gasteiger partial charge in [0.25, 0.3) is 0 Å². The zero-order valence-electron chi connectivity index (χ0n) is 9.71. The molecule has 0 spiro atoms. The fourth-order valence-corrected chi connectivity index (χ4v) is 6.11. The normalized spacial score (nSPS) is 30.8. The molecule has 0 saturated carbocycles. The Labute approximate surface area is 111 Å². The minimum absolute atomic E-state index is 0.0253. The lowest BCUT2D eigenvalue weighted by Crippen LogP contribution is -2.42. The van der Waals surface area contributed by atoms with Gasteiger partial charge in [-0.3, -0.25) is 0 Å². The van der Waals surface area contributed by atoms with E-state index in [0.717, 1.165) is 12.1 Å². The van der Waals surface area contributed by atoms with Gasteiger partial charge in [-0.05, 0) is 35.8 Å². The van der Waals surface area contributed by atoms with Gasteiger partial charge in [0, 0.05) is 12.0 Å². The molecule has 0 bridgehead atoms. The minimum atomic E-state index is -3.21. The highest BCUT2D eigenvalue weighted by Crippen LogP contribution is 2.42. The van der Waals surface area contributed by atoms with Crippen LogP contribution < -0.4 is 5.32 Å². The first-order chi connectivity index (χ1) is 8.04. The van der Waals surface area contributed by atoms with Crippen LogP contribution in [-0.4, -0.2) is 25.6 Å². The molecule has 2 rings (SSSR count). The minimum Gasteiger partial charge on any atom is -0.310 e. The average Bonchev–Trinajstić information content (AvgIpc) is 2.76. The second-order valence-electron chi connectivity index (χ2n) is 4.16. The largest absolute Gasteiger partial charge is 0.310 e. The first-order valence-corrected chi connectivity index (χ1v) is 8.43. The van der Waals surface area contributed by atoms with Crippen molar-refractivity contribution in [3.8, 4) is 0 Å². The first kappa shape index (κ1) is 13.1. The lowest BCUT2D eigenvalue weighted by Gasteiger charge is -2.34. The quantitative estimate of drug-likeness (QED) is 0.867. The van der Waals surface area contributed by atoms with E-state index in [9.17, 15) is 8.42 Å². The summed E-state index contributed by atoms with van der Waals surface area (Å²) < 4.78 is 25.1. The van der Waals surface area contributed by atoms with Crippen LogP contribution in [0.3, 0.4) is 0 Å². The predicted molar refractivity (Wildman–Crippen MR) is 74.5 cm³/mol. The number of rotatable bonds is 3. The van der Waals surface area contributed by atoms with Gasteiger partial charge in [0.1, 0.15) is 4.21 Å². The summed E-state index contributed by atoms with van der Waals surface area (Å²) in [7, 11) is -3.21. The summed E-state index contributed by atoms with van der Waals surface area (Å²) in [5.41, 5.74) is 0.876. The number of thiophene rings is 1. The van der Waals surface area contributed by atoms with Gasteiger partial charge in [-0.25, -0.2) is 8.42 Å². The summed E-state index contributed by atoms with van der Waals surface area (Å²) >= 11 is 6.32. The van der Waals surface area contributed by atoms with Gasteiger partial charge in [-0.1, -0.05) is 19.1 Å². The molecule has 3 atom stereocenters. The average molecular weight is 289 g/mol. The highest BCUT2D eigenvalue weighted by atomic mass is 32.2. The molecule has 0 aromatic carbocycles. The summed E-state index contributed by atoms with van der Waals surface area (Å²) in [6, 6.07) is 1.92. The van der Waals surface area contributed by atoms with Crippen LogP contribution in [0.4, 0.5) is 0 Å². The fourth-order valence-electron chi connectivity index (χ4n) is 2.28. The Kier molecular flexibility index (Phi) is 3.68. The van der Waals surface area contributed by atoms with Crippen LogP contribution in [-0.2, 0) is 9.84 Å². The van der Waals surface area contributed by atoms with E-state index in [1.54, 1.807) is 12.3 Å². The Morgan fingerprint density at radius 1 is 1.59 bits per heavy atom. The van der Waals surface area contributed by atoms with E-state index >= 15 is 0 Å². The maximum absolute atomic E-state index is 12.3. The Hall–Kier alpha value is -0.300. The molecule has 6 heteroatoms. The summed E-state index contributed by atoms with van der Waals surface area (Å²) in [6.07, 6.45) is 0. The number of hydrogen-bond donors (Lipinski definition) is 1. The number of nitrogens with one attached hydrogen (secondary N) is 1. The van der Waals surface area contributed by atoms with E-state index in [0.29, 0.717) is 4.21 Å². The summed E-state index contributed by atoms with van der Waals surface area (Å²) in [5.74, 6) is -0.142. The zero-order valence-corrected chi connectivity index (χ0v) is 12.2. The molecule has 0 amide bonds. The molecule has 0 fully saturated rings. The van der Waals surface area contributed by atoms with Crippen molar-refractivity contribution in [2.75, 3.05) is 6.54 Å². The molecule has 94 valence electrons. The van der Waals surface area contributed by atoms with E-state index in [4.69, 9.17) is 12.2 Å². The van der Waals surface area contributed by atoms with E-state index < -0.39 is 15.1 Å². The lowest BCUT2D eigenvalue weighted by molar-refractivity contribution is 0.426. The third kappa shape index (κ3) is 1.97. The van der Waals surface area contributed by atoms with Gasteiger partial charge in [0.15, 0.2) is 9.84 Å². The number of thiocarbonyl (C=S) groups is 1. The highest BCUT2D eigenvalue weighted by Gasteiger charge is 2.43. The van der Waals surface area contributed by atoms with E-state index in [1.807, 2.05) is 18.4 Å². The van der Waals surface area contributed by atoms with Crippen molar-refractivity contribution in [1.29, 1.82) is 0 Å². The Morgan fingerprint density at radius 2 is 2.29 bits per heavy atom. The van der Waals surface area contributed by atoms with Crippen LogP contribution in [0.5, 0.6) is 0 Å². The van der Waals surface area contributed by atoms with Crippen molar-refractivity contribution in [1.82, 2.24) is 5.32 Å². The van der Waals surface area contributed by atoms with Gasteiger partial charge in [0.05, 0.1) is 5.25 Å². The number of hydrogen-bond acceptors (Lipinski definition) is 5. The van der Waals surface area contributed by atoms with Crippen LogP contribution in [0, 0.1) is 5.92 Å². The maximum Gasteiger partial charge on any atom is 0.191 e. The predicted octanol–water partition coefficient (Wildman–Crippen LogP) is 2.19. The lowest BCUT2D eigenvalue weighted by atomic mass is 9.93. The molecule has 1 N–H and O–H groups in total. The Bertz CT molecular complexity index is 521. The van der Waals surface area contributed by atoms with Gasteiger partial charge < -0.3 is 5.32 Å². The molecule has 0 radical (unpaired) electrons. The topological polar surface area (TPSA) is 46.2 Å². The maximum atomic E-state index is 12.3. The molecule has 2 heterocycles. The first-order valence-electron chi connectivity index (χ1n) is 5.54. The molecular formula is C11H15NO2S3. The standard InChI is InChI=1S/C11H15NO2S3/c1-3-12-10-8-4-5-16-11(8)17(13,14)7(2)9(10)6-15/h4-7,9-10,12H,3H2,1-2H3. The third-order valence-corrected chi connectivity index (χ3v) is 7.32. The smallest absolute Gasteiger partial charge is 0.191 e. The third-order valence-electron chi connectivity index (χ3n) is 3.25. The van der Waals surface area contributed by atoms with Gasteiger partial charge in [0.2, 0.25) is 0 Å². The molecule has 1 aromatic heterocycles. The number of fused-ring (bicyclic) bond motifs is 1. The molecule has 1 aromatic rings. The van der Waals surface area contributed by atoms with Crippen LogP contribution in [0.25, 0.3) is 0 Å². The van der Waals surface area contributed by atoms with Crippen molar-refractivity contribution in [3.05, 3.63) is 17.0 Å². The molecule has 0 aliphatic carbocycles. The van der Waals surface area contributed by atoms with E-state index in [2.05, 4.69) is 5.32 Å². The number of sulfone groups is 1. The summed E-state index contributed by atoms with van der Waals surface area (Å²) in [5, 5.41) is 6.32. The van der Waals surface area contributed by atoms with Gasteiger partial charge >= 0.3 is 0 Å². The molecule has 1 aliphatic heterocycles. The van der Waals surface area contributed by atoms with E-state index in [-0.39, 0.29) is 12.0 Å². The van der Waals surface area contributed by atoms with Crippen LogP contribution in [0.2, 0.25) is 0 Å². The monoisotopic (exact) mass is 289 g/mol. The molecule has 3 unspecified atom stereocenters. The van der Waals surface area contributed by atoms with E-state index in [1.165, 1.54) is 11.3 Å². The van der Waals surface area contributed by atoms with Crippen LogP contribution in [0.15, 0.2) is 15.7 Å². The zero-order chi connectivity index (χ0) is 12.6. The van der Waals surface area contributed by atoms with Crippen molar-refractivity contribution >= 4 is 38.8 Å². The Morgan fingerprint density at radius 3 is 2.88 bits per heavy atom. The summed E-state index contributed by atoms with van der Waals surface area (Å²) in [6.45, 7) is 4.56. The van der Waals surface area contributed by atoms with Crippen molar-refractivity contribution in [2.45, 2.75) is 29.3 Å². The summed E-state index contributed by atoms with van der Waals surface area (Å²) in [4.78, 5) is 0. The van der Waals surface area contributed by atoms with Gasteiger partial charge in [-0.2, -0.15) is 0 Å². The molecule has 17 heavy (non-hydrogen) atoms. The molecular weight excluding hydrogens is 274 g/mol. The van der Waals surface area contributed by atoms with Gasteiger partial charge in [-0.15, -0.1) is 11.3 Å². The highest BCUT2D eigenvalue weighted by molar-refractivity contribution is 7.94. The molecule has 1 aliphatic rings. The second kappa shape index (κ2) is 4.76. The fraction of sp³-hybridized carbons (Fsp3) is 0.545. The van der Waals surface area contributed by atoms with Crippen molar-refractivity contribution < 1.29 is 8.42 Å². The van der Waals surface area contributed by atoms with Crippen LogP contribution >= 0.6 is 23.6 Å². The molecule has 3 nitrogen and oxygen atoms in total. The Balaban J connectivity index is 2.59. The van der Waals surface area contributed by atoms with Crippen LogP contribution in [0.1, 0.15) is 25.5 Å². The van der Waals surface area contributed by atoms with Crippen molar-refractivity contribution in [2.24, 2.45) is 5.92 Å². The second-order valence-corrected chi connectivity index (χ2v) is 7.85. The SMILES string of the molecule is CCNC1c2ccsc2S(=O)(=O)C(C)C1C=S. The molecule has 0 saturated heterocycles.